The molecule has 28 heavy (non-hydrogen) atoms. The Morgan fingerprint density at radius 3 is 2.79 bits per heavy atom. The summed E-state index contributed by atoms with van der Waals surface area (Å²) in [6, 6.07) is 12.4. The molecule has 1 fully saturated rings. The minimum Gasteiger partial charge on any atom is -0.379 e. The van der Waals surface area contributed by atoms with Crippen molar-refractivity contribution in [3.63, 3.8) is 0 Å². The first-order valence-electron chi connectivity index (χ1n) is 9.51. The van der Waals surface area contributed by atoms with Crippen molar-refractivity contribution < 1.29 is 9.53 Å². The highest BCUT2D eigenvalue weighted by Gasteiger charge is 2.19. The Balaban J connectivity index is 1.48. The maximum Gasteiger partial charge on any atom is 0.270 e. The first-order valence-corrected chi connectivity index (χ1v) is 9.51. The number of hydrogen-bond acceptors (Lipinski definition) is 4. The number of nitrogens with zero attached hydrogens (tertiary/aromatic N) is 3. The van der Waals surface area contributed by atoms with Crippen LogP contribution in [-0.2, 0) is 18.2 Å². The lowest BCUT2D eigenvalue weighted by molar-refractivity contribution is 0.0925. The molecule has 3 heterocycles. The van der Waals surface area contributed by atoms with Gasteiger partial charge in [0.05, 0.1) is 18.3 Å². The van der Waals surface area contributed by atoms with E-state index in [2.05, 4.69) is 39.7 Å². The summed E-state index contributed by atoms with van der Waals surface area (Å²) in [7, 11) is 1.91. The summed E-state index contributed by atoms with van der Waals surface area (Å²) in [4.78, 5) is 16.8. The number of rotatable bonds is 5. The van der Waals surface area contributed by atoms with E-state index in [1.54, 1.807) is 10.9 Å². The maximum atomic E-state index is 12.5. The highest BCUT2D eigenvalue weighted by Crippen LogP contribution is 2.20. The molecule has 0 bridgehead atoms. The van der Waals surface area contributed by atoms with Crippen molar-refractivity contribution in [2.75, 3.05) is 13.2 Å². The Morgan fingerprint density at radius 2 is 2.11 bits per heavy atom. The smallest absolute Gasteiger partial charge is 0.270 e. The zero-order chi connectivity index (χ0) is 19.5. The van der Waals surface area contributed by atoms with Crippen molar-refractivity contribution in [3.05, 3.63) is 71.2 Å². The first-order chi connectivity index (χ1) is 13.6. The molecule has 0 aliphatic carbocycles. The van der Waals surface area contributed by atoms with Crippen LogP contribution >= 0.6 is 0 Å². The van der Waals surface area contributed by atoms with Gasteiger partial charge >= 0.3 is 0 Å². The molecule has 0 saturated carbocycles. The molecule has 1 aliphatic rings. The van der Waals surface area contributed by atoms with Crippen LogP contribution in [0.2, 0.25) is 0 Å². The molecule has 144 valence electrons. The molecule has 1 atom stereocenters. The lowest BCUT2D eigenvalue weighted by Crippen LogP contribution is -2.35. The van der Waals surface area contributed by atoms with E-state index in [4.69, 9.17) is 4.74 Å². The monoisotopic (exact) mass is 376 g/mol. The summed E-state index contributed by atoms with van der Waals surface area (Å²) in [6.45, 7) is 3.30. The van der Waals surface area contributed by atoms with E-state index in [0.29, 0.717) is 18.9 Å². The van der Waals surface area contributed by atoms with Gasteiger partial charge in [0.1, 0.15) is 5.69 Å². The van der Waals surface area contributed by atoms with Gasteiger partial charge in [0, 0.05) is 31.6 Å². The summed E-state index contributed by atoms with van der Waals surface area (Å²) < 4.78 is 7.12. The van der Waals surface area contributed by atoms with Crippen molar-refractivity contribution >= 4 is 5.91 Å². The van der Waals surface area contributed by atoms with Crippen LogP contribution in [0.15, 0.2) is 48.8 Å². The fourth-order valence-electron chi connectivity index (χ4n) is 3.37. The summed E-state index contributed by atoms with van der Waals surface area (Å²) >= 11 is 0. The predicted octanol–water partition coefficient (Wildman–Crippen LogP) is 2.90. The van der Waals surface area contributed by atoms with Crippen molar-refractivity contribution in [3.8, 4) is 11.3 Å². The van der Waals surface area contributed by atoms with Crippen LogP contribution in [0.3, 0.4) is 0 Å². The van der Waals surface area contributed by atoms with E-state index in [1.165, 1.54) is 5.56 Å². The van der Waals surface area contributed by atoms with Gasteiger partial charge in [0.15, 0.2) is 0 Å². The molecule has 2 aromatic heterocycles. The van der Waals surface area contributed by atoms with E-state index in [1.807, 2.05) is 32.3 Å². The molecule has 1 N–H and O–H groups in total. The number of ether oxygens (including phenoxy) is 1. The van der Waals surface area contributed by atoms with Gasteiger partial charge < -0.3 is 10.1 Å². The Labute approximate surface area is 164 Å². The summed E-state index contributed by atoms with van der Waals surface area (Å²) in [5.74, 6) is -0.137. The highest BCUT2D eigenvalue weighted by molar-refractivity contribution is 5.92. The first kappa shape index (κ1) is 18.4. The van der Waals surface area contributed by atoms with E-state index in [-0.39, 0.29) is 11.9 Å². The zero-order valence-corrected chi connectivity index (χ0v) is 16.2. The SMILES string of the molecule is Cc1cnc(C(=O)NC2CCOC2)cc1Cc1ccc(-c2ccn(C)n2)cc1. The third kappa shape index (κ3) is 4.12. The minimum absolute atomic E-state index is 0.0817. The van der Waals surface area contributed by atoms with Crippen LogP contribution in [0.5, 0.6) is 0 Å². The molecule has 6 nitrogen and oxygen atoms in total. The van der Waals surface area contributed by atoms with Gasteiger partial charge in [-0.3, -0.25) is 14.5 Å². The van der Waals surface area contributed by atoms with E-state index >= 15 is 0 Å². The molecule has 6 heteroatoms. The average Bonchev–Trinajstić information content (AvgIpc) is 3.36. The Bertz CT molecular complexity index is 972. The second-order valence-electron chi connectivity index (χ2n) is 7.28. The van der Waals surface area contributed by atoms with Crippen molar-refractivity contribution in [2.24, 2.45) is 7.05 Å². The van der Waals surface area contributed by atoms with Crippen molar-refractivity contribution in [1.29, 1.82) is 0 Å². The topological polar surface area (TPSA) is 69.0 Å². The molecule has 1 amide bonds. The van der Waals surface area contributed by atoms with Crippen LogP contribution in [0.1, 0.15) is 33.6 Å². The quantitative estimate of drug-likeness (QED) is 0.743. The Morgan fingerprint density at radius 1 is 1.29 bits per heavy atom. The van der Waals surface area contributed by atoms with Gasteiger partial charge in [0.25, 0.3) is 5.91 Å². The van der Waals surface area contributed by atoms with E-state index in [0.717, 1.165) is 35.2 Å². The third-order valence-electron chi connectivity index (χ3n) is 5.07. The summed E-state index contributed by atoms with van der Waals surface area (Å²) in [5, 5.41) is 7.43. The molecule has 4 rings (SSSR count). The van der Waals surface area contributed by atoms with Gasteiger partial charge in [0.2, 0.25) is 0 Å². The molecule has 0 radical (unpaired) electrons. The zero-order valence-electron chi connectivity index (χ0n) is 16.2. The van der Waals surface area contributed by atoms with Gasteiger partial charge in [-0.1, -0.05) is 24.3 Å². The average molecular weight is 376 g/mol. The van der Waals surface area contributed by atoms with Crippen molar-refractivity contribution in [2.45, 2.75) is 25.8 Å². The third-order valence-corrected chi connectivity index (χ3v) is 5.07. The normalized spacial score (nSPS) is 16.3. The Hall–Kier alpha value is -2.99. The van der Waals surface area contributed by atoms with Crippen molar-refractivity contribution in [1.82, 2.24) is 20.1 Å². The molecular weight excluding hydrogens is 352 g/mol. The number of aromatic nitrogens is 3. The van der Waals surface area contributed by atoms with Gasteiger partial charge in [-0.05, 0) is 48.6 Å². The van der Waals surface area contributed by atoms with Crippen LogP contribution in [0, 0.1) is 6.92 Å². The standard InChI is InChI=1S/C22H24N4O2/c1-15-13-23-21(22(27)24-19-8-10-28-14-19)12-18(15)11-16-3-5-17(6-4-16)20-7-9-26(2)25-20/h3-7,9,12-13,19H,8,10-11,14H2,1-2H3,(H,24,27). The fourth-order valence-corrected chi connectivity index (χ4v) is 3.37. The number of carbonyl (C=O) groups excluding carboxylic acids is 1. The highest BCUT2D eigenvalue weighted by atomic mass is 16.5. The number of nitrogens with one attached hydrogen (secondary N) is 1. The molecule has 1 aliphatic heterocycles. The van der Waals surface area contributed by atoms with Gasteiger partial charge in [-0.15, -0.1) is 0 Å². The van der Waals surface area contributed by atoms with Crippen LogP contribution in [0.4, 0.5) is 0 Å². The van der Waals surface area contributed by atoms with Gasteiger partial charge in [-0.2, -0.15) is 5.10 Å². The minimum atomic E-state index is -0.137. The fraction of sp³-hybridized carbons (Fsp3) is 0.318. The van der Waals surface area contributed by atoms with E-state index in [9.17, 15) is 4.79 Å². The largest absolute Gasteiger partial charge is 0.379 e. The number of amides is 1. The number of pyridine rings is 1. The lowest BCUT2D eigenvalue weighted by Gasteiger charge is -2.12. The van der Waals surface area contributed by atoms with Crippen LogP contribution < -0.4 is 5.32 Å². The number of aryl methyl sites for hydroxylation is 2. The lowest BCUT2D eigenvalue weighted by atomic mass is 9.99. The second-order valence-corrected chi connectivity index (χ2v) is 7.28. The molecular formula is C22H24N4O2. The number of benzene rings is 1. The van der Waals surface area contributed by atoms with Gasteiger partial charge in [-0.25, -0.2) is 0 Å². The molecule has 0 spiro atoms. The summed E-state index contributed by atoms with van der Waals surface area (Å²) in [6.07, 6.45) is 5.32. The number of carbonyl (C=O) groups is 1. The second kappa shape index (κ2) is 7.94. The van der Waals surface area contributed by atoms with E-state index < -0.39 is 0 Å². The maximum absolute atomic E-state index is 12.5. The molecule has 1 unspecified atom stereocenters. The molecule has 1 saturated heterocycles. The summed E-state index contributed by atoms with van der Waals surface area (Å²) in [5.41, 5.74) is 5.88. The number of hydrogen-bond donors (Lipinski definition) is 1. The molecule has 3 aromatic rings. The van der Waals surface area contributed by atoms with Crippen LogP contribution in [-0.4, -0.2) is 39.9 Å². The molecule has 1 aromatic carbocycles. The predicted molar refractivity (Wildman–Crippen MR) is 107 cm³/mol. The Kier molecular flexibility index (Phi) is 5.21. The van der Waals surface area contributed by atoms with Crippen LogP contribution in [0.25, 0.3) is 11.3 Å².